The molecule has 0 N–H and O–H groups in total. The number of carbonyl (C=O) groups excluding carboxylic acids is 1. The Bertz CT molecular complexity index is 925. The summed E-state index contributed by atoms with van der Waals surface area (Å²) in [6.07, 6.45) is 1.78. The van der Waals surface area contributed by atoms with Crippen LogP contribution in [0.5, 0.6) is 17.2 Å². The van der Waals surface area contributed by atoms with Gasteiger partial charge in [0.1, 0.15) is 0 Å². The van der Waals surface area contributed by atoms with E-state index < -0.39 is 5.97 Å². The fourth-order valence-electron chi connectivity index (χ4n) is 3.64. The fourth-order valence-corrected chi connectivity index (χ4v) is 3.64. The van der Waals surface area contributed by atoms with Gasteiger partial charge in [-0.05, 0) is 37.1 Å². The minimum Gasteiger partial charge on any atom is -0.493 e. The molecule has 1 saturated heterocycles. The lowest BCUT2D eigenvalue weighted by atomic mass is 10.1. The number of hydrogen-bond acceptors (Lipinski definition) is 7. The minimum atomic E-state index is -0.434. The summed E-state index contributed by atoms with van der Waals surface area (Å²) in [4.78, 5) is 13.8. The number of piperazine rings is 1. The molecule has 2 aromatic rings. The molecule has 1 heterocycles. The number of aryl methyl sites for hydroxylation is 2. The molecule has 0 amide bonds. The monoisotopic (exact) mass is 425 g/mol. The molecular weight excluding hydrogens is 394 g/mol. The maximum absolute atomic E-state index is 11.4. The molecule has 7 heteroatoms. The topological polar surface area (TPSA) is 63.6 Å². The highest BCUT2D eigenvalue weighted by molar-refractivity contribution is 5.83. The van der Waals surface area contributed by atoms with E-state index in [0.29, 0.717) is 11.5 Å². The van der Waals surface area contributed by atoms with Crippen LogP contribution in [0.15, 0.2) is 35.4 Å². The number of rotatable bonds is 7. The average molecular weight is 426 g/mol. The molecule has 166 valence electrons. The van der Waals surface area contributed by atoms with E-state index in [1.54, 1.807) is 18.3 Å². The Hall–Kier alpha value is -3.06. The van der Waals surface area contributed by atoms with Gasteiger partial charge in [-0.1, -0.05) is 23.8 Å². The van der Waals surface area contributed by atoms with Crippen LogP contribution >= 0.6 is 0 Å². The highest BCUT2D eigenvalue weighted by Crippen LogP contribution is 2.38. The predicted octanol–water partition coefficient (Wildman–Crippen LogP) is 3.40. The molecule has 0 saturated carbocycles. The van der Waals surface area contributed by atoms with Crippen LogP contribution < -0.4 is 14.2 Å². The first kappa shape index (κ1) is 22.6. The Labute approximate surface area is 184 Å². The van der Waals surface area contributed by atoms with Gasteiger partial charge < -0.3 is 14.2 Å². The second kappa shape index (κ2) is 10.3. The maximum atomic E-state index is 11.4. The van der Waals surface area contributed by atoms with Gasteiger partial charge in [-0.3, -0.25) is 14.7 Å². The van der Waals surface area contributed by atoms with Crippen molar-refractivity contribution in [2.24, 2.45) is 5.10 Å². The van der Waals surface area contributed by atoms with Crippen molar-refractivity contribution < 1.29 is 19.0 Å². The molecule has 0 bridgehead atoms. The van der Waals surface area contributed by atoms with Crippen molar-refractivity contribution >= 4 is 12.2 Å². The van der Waals surface area contributed by atoms with Crippen LogP contribution in [0.1, 0.15) is 29.2 Å². The van der Waals surface area contributed by atoms with E-state index in [4.69, 9.17) is 14.2 Å². The molecule has 31 heavy (non-hydrogen) atoms. The molecule has 0 unspecified atom stereocenters. The summed E-state index contributed by atoms with van der Waals surface area (Å²) in [5.41, 5.74) is 4.84. The first-order valence-electron chi connectivity index (χ1n) is 10.4. The third kappa shape index (κ3) is 5.98. The van der Waals surface area contributed by atoms with E-state index in [9.17, 15) is 4.79 Å². The lowest BCUT2D eigenvalue weighted by Gasteiger charge is -2.33. The number of ether oxygens (including phenoxy) is 3. The molecule has 0 atom stereocenters. The summed E-state index contributed by atoms with van der Waals surface area (Å²) in [6.45, 7) is 10.3. The molecular formula is C24H31N3O4. The van der Waals surface area contributed by atoms with Crippen molar-refractivity contribution in [2.75, 3.05) is 40.4 Å². The lowest BCUT2D eigenvalue weighted by molar-refractivity contribution is -0.132. The Kier molecular flexibility index (Phi) is 7.52. The van der Waals surface area contributed by atoms with Crippen molar-refractivity contribution in [3.05, 3.63) is 52.6 Å². The number of nitrogens with zero attached hydrogens (tertiary/aromatic N) is 3. The van der Waals surface area contributed by atoms with Crippen LogP contribution in [0.25, 0.3) is 0 Å². The second-order valence-electron chi connectivity index (χ2n) is 7.75. The maximum Gasteiger partial charge on any atom is 0.308 e. The molecule has 0 aromatic heterocycles. The first-order chi connectivity index (χ1) is 14.9. The second-order valence-corrected chi connectivity index (χ2v) is 7.75. The standard InChI is InChI=1S/C24H31N3O4/c1-17-6-7-21(18(2)12-17)16-26-8-10-27(11-9-26)25-15-20-13-22(29-4)24(31-19(3)28)23(14-20)30-5/h6-7,12-15H,8-11,16H2,1-5H3/b25-15+. The number of benzene rings is 2. The normalized spacial score (nSPS) is 14.7. The zero-order valence-electron chi connectivity index (χ0n) is 19.0. The highest BCUT2D eigenvalue weighted by Gasteiger charge is 2.18. The van der Waals surface area contributed by atoms with Gasteiger partial charge in [0, 0.05) is 45.2 Å². The van der Waals surface area contributed by atoms with E-state index in [2.05, 4.69) is 47.1 Å². The summed E-state index contributed by atoms with van der Waals surface area (Å²) in [6, 6.07) is 10.2. The fraction of sp³-hybridized carbons (Fsp3) is 0.417. The minimum absolute atomic E-state index is 0.273. The van der Waals surface area contributed by atoms with Crippen molar-refractivity contribution in [1.29, 1.82) is 0 Å². The molecule has 1 fully saturated rings. The van der Waals surface area contributed by atoms with Crippen LogP contribution in [-0.4, -0.2) is 62.5 Å². The molecule has 3 rings (SSSR count). The van der Waals surface area contributed by atoms with Crippen LogP contribution in [0.3, 0.4) is 0 Å². The Balaban J connectivity index is 1.62. The molecule has 1 aliphatic rings. The van der Waals surface area contributed by atoms with Crippen molar-refractivity contribution in [1.82, 2.24) is 9.91 Å². The van der Waals surface area contributed by atoms with Crippen molar-refractivity contribution in [2.45, 2.75) is 27.3 Å². The van der Waals surface area contributed by atoms with Gasteiger partial charge in [0.15, 0.2) is 11.5 Å². The number of methoxy groups -OCH3 is 2. The molecule has 0 radical (unpaired) electrons. The Morgan fingerprint density at radius 3 is 2.23 bits per heavy atom. The van der Waals surface area contributed by atoms with Crippen LogP contribution in [0.2, 0.25) is 0 Å². The highest BCUT2D eigenvalue weighted by atomic mass is 16.6. The lowest BCUT2D eigenvalue weighted by Crippen LogP contribution is -2.43. The molecule has 0 aliphatic carbocycles. The van der Waals surface area contributed by atoms with Gasteiger partial charge in [-0.2, -0.15) is 5.10 Å². The average Bonchev–Trinajstić information content (AvgIpc) is 2.75. The largest absolute Gasteiger partial charge is 0.493 e. The zero-order chi connectivity index (χ0) is 22.4. The van der Waals surface area contributed by atoms with Crippen LogP contribution in [-0.2, 0) is 11.3 Å². The van der Waals surface area contributed by atoms with E-state index in [0.717, 1.165) is 38.3 Å². The smallest absolute Gasteiger partial charge is 0.308 e. The Morgan fingerprint density at radius 1 is 1.03 bits per heavy atom. The van der Waals surface area contributed by atoms with Gasteiger partial charge in [-0.15, -0.1) is 0 Å². The third-order valence-corrected chi connectivity index (χ3v) is 5.34. The van der Waals surface area contributed by atoms with E-state index in [1.807, 2.05) is 0 Å². The van der Waals surface area contributed by atoms with Gasteiger partial charge in [0.2, 0.25) is 5.75 Å². The Morgan fingerprint density at radius 2 is 1.68 bits per heavy atom. The quantitative estimate of drug-likeness (QED) is 0.385. The van der Waals surface area contributed by atoms with Gasteiger partial charge in [-0.25, -0.2) is 0 Å². The zero-order valence-corrected chi connectivity index (χ0v) is 19.0. The van der Waals surface area contributed by atoms with E-state index in [1.165, 1.54) is 37.8 Å². The van der Waals surface area contributed by atoms with Crippen LogP contribution in [0, 0.1) is 13.8 Å². The van der Waals surface area contributed by atoms with Crippen molar-refractivity contribution in [3.8, 4) is 17.2 Å². The number of esters is 1. The number of carbonyl (C=O) groups is 1. The first-order valence-corrected chi connectivity index (χ1v) is 10.4. The number of hydrazone groups is 1. The molecule has 2 aromatic carbocycles. The van der Waals surface area contributed by atoms with E-state index in [-0.39, 0.29) is 5.75 Å². The van der Waals surface area contributed by atoms with E-state index >= 15 is 0 Å². The third-order valence-electron chi connectivity index (χ3n) is 5.34. The van der Waals surface area contributed by atoms with Crippen LogP contribution in [0.4, 0.5) is 0 Å². The summed E-state index contributed by atoms with van der Waals surface area (Å²) >= 11 is 0. The number of hydrogen-bond donors (Lipinski definition) is 0. The molecule has 0 spiro atoms. The predicted molar refractivity (Wildman–Crippen MR) is 121 cm³/mol. The van der Waals surface area contributed by atoms with Crippen molar-refractivity contribution in [3.63, 3.8) is 0 Å². The summed E-state index contributed by atoms with van der Waals surface area (Å²) in [5.74, 6) is 0.690. The molecule has 7 nitrogen and oxygen atoms in total. The summed E-state index contributed by atoms with van der Waals surface area (Å²) in [7, 11) is 3.05. The van der Waals surface area contributed by atoms with Gasteiger partial charge in [0.05, 0.1) is 20.4 Å². The SMILES string of the molecule is COc1cc(/C=N/N2CCN(Cc3ccc(C)cc3C)CC2)cc(OC)c1OC(C)=O. The summed E-state index contributed by atoms with van der Waals surface area (Å²) in [5, 5.41) is 6.70. The summed E-state index contributed by atoms with van der Waals surface area (Å²) < 4.78 is 16.0. The van der Waals surface area contributed by atoms with Gasteiger partial charge in [0.25, 0.3) is 0 Å². The molecule has 1 aliphatic heterocycles. The van der Waals surface area contributed by atoms with Gasteiger partial charge >= 0.3 is 5.97 Å².